The molecule has 0 bridgehead atoms. The van der Waals surface area contributed by atoms with Crippen molar-refractivity contribution in [2.45, 2.75) is 38.8 Å². The van der Waals surface area contributed by atoms with Gasteiger partial charge >= 0.3 is 0 Å². The van der Waals surface area contributed by atoms with Gasteiger partial charge in [-0.1, -0.05) is 12.1 Å². The van der Waals surface area contributed by atoms with Crippen LogP contribution in [-0.2, 0) is 22.5 Å². The number of thiazole rings is 1. The Morgan fingerprint density at radius 3 is 2.96 bits per heavy atom. The molecule has 1 aromatic heterocycles. The number of rotatable bonds is 9. The van der Waals surface area contributed by atoms with E-state index in [0.717, 1.165) is 54.6 Å². The summed E-state index contributed by atoms with van der Waals surface area (Å²) in [4.78, 5) is 18.8. The molecule has 1 N–H and O–H groups in total. The van der Waals surface area contributed by atoms with Crippen LogP contribution < -0.4 is 10.1 Å². The van der Waals surface area contributed by atoms with Gasteiger partial charge in [0.05, 0.1) is 17.1 Å². The highest BCUT2D eigenvalue weighted by atomic mass is 32.1. The van der Waals surface area contributed by atoms with Crippen molar-refractivity contribution < 1.29 is 14.3 Å². The number of benzene rings is 1. The number of carbonyl (C=O) groups is 1. The highest BCUT2D eigenvalue weighted by molar-refractivity contribution is 7.09. The van der Waals surface area contributed by atoms with E-state index in [9.17, 15) is 4.79 Å². The largest absolute Gasteiger partial charge is 0.492 e. The summed E-state index contributed by atoms with van der Waals surface area (Å²) in [6.07, 6.45) is 2.50. The van der Waals surface area contributed by atoms with Crippen molar-refractivity contribution in [3.8, 4) is 5.75 Å². The molecule has 152 valence electrons. The minimum absolute atomic E-state index is 0.0188. The molecule has 28 heavy (non-hydrogen) atoms. The van der Waals surface area contributed by atoms with Gasteiger partial charge < -0.3 is 14.8 Å². The fraction of sp³-hybridized carbons (Fsp3) is 0.524. The van der Waals surface area contributed by atoms with Crippen LogP contribution in [0.1, 0.15) is 29.1 Å². The van der Waals surface area contributed by atoms with E-state index in [1.165, 1.54) is 0 Å². The molecule has 0 radical (unpaired) electrons. The third-order valence-electron chi connectivity index (χ3n) is 4.92. The van der Waals surface area contributed by atoms with E-state index >= 15 is 0 Å². The van der Waals surface area contributed by atoms with Gasteiger partial charge in [0.2, 0.25) is 5.91 Å². The average Bonchev–Trinajstić information content (AvgIpc) is 3.12. The van der Waals surface area contributed by atoms with Gasteiger partial charge in [-0.3, -0.25) is 9.69 Å². The fourth-order valence-corrected chi connectivity index (χ4v) is 3.89. The van der Waals surface area contributed by atoms with Gasteiger partial charge in [0.1, 0.15) is 12.4 Å². The Morgan fingerprint density at radius 1 is 1.39 bits per heavy atom. The molecule has 3 rings (SSSR count). The molecule has 1 aliphatic heterocycles. The number of aromatic nitrogens is 1. The zero-order chi connectivity index (χ0) is 19.8. The molecule has 1 aliphatic rings. The number of ether oxygens (including phenoxy) is 2. The summed E-state index contributed by atoms with van der Waals surface area (Å²) in [5.74, 6) is 0.817. The predicted octanol–water partition coefficient (Wildman–Crippen LogP) is 2.80. The quantitative estimate of drug-likeness (QED) is 0.698. The van der Waals surface area contributed by atoms with Crippen LogP contribution >= 0.6 is 11.3 Å². The number of hydrogen-bond acceptors (Lipinski definition) is 6. The second-order valence-electron chi connectivity index (χ2n) is 7.13. The first-order valence-electron chi connectivity index (χ1n) is 9.77. The molecule has 2 aromatic rings. The van der Waals surface area contributed by atoms with Crippen molar-refractivity contribution in [3.05, 3.63) is 45.9 Å². The van der Waals surface area contributed by atoms with E-state index < -0.39 is 0 Å². The fourth-order valence-electron chi connectivity index (χ4n) is 3.28. The van der Waals surface area contributed by atoms with Crippen molar-refractivity contribution in [3.63, 3.8) is 0 Å². The van der Waals surface area contributed by atoms with Gasteiger partial charge in [0, 0.05) is 37.7 Å². The number of likely N-dealkylation sites (N-methyl/N-ethyl adjacent to an activating group) is 1. The summed E-state index contributed by atoms with van der Waals surface area (Å²) >= 11 is 1.56. The lowest BCUT2D eigenvalue weighted by Gasteiger charge is -2.31. The minimum Gasteiger partial charge on any atom is -0.492 e. The normalized spacial score (nSPS) is 15.0. The smallest absolute Gasteiger partial charge is 0.226 e. The van der Waals surface area contributed by atoms with Crippen LogP contribution in [-0.4, -0.2) is 55.2 Å². The van der Waals surface area contributed by atoms with Gasteiger partial charge in [0.15, 0.2) is 0 Å². The van der Waals surface area contributed by atoms with E-state index in [0.29, 0.717) is 25.6 Å². The van der Waals surface area contributed by atoms with Crippen LogP contribution in [0.4, 0.5) is 0 Å². The first-order valence-corrected chi connectivity index (χ1v) is 10.7. The Kier molecular flexibility index (Phi) is 7.82. The highest BCUT2D eigenvalue weighted by Crippen LogP contribution is 2.15. The zero-order valence-corrected chi connectivity index (χ0v) is 17.5. The van der Waals surface area contributed by atoms with Crippen LogP contribution in [0.3, 0.4) is 0 Å². The van der Waals surface area contributed by atoms with Gasteiger partial charge in [0.25, 0.3) is 0 Å². The van der Waals surface area contributed by atoms with Crippen molar-refractivity contribution >= 4 is 17.2 Å². The molecule has 0 spiro atoms. The van der Waals surface area contributed by atoms with Gasteiger partial charge in [-0.2, -0.15) is 0 Å². The summed E-state index contributed by atoms with van der Waals surface area (Å²) in [7, 11) is 2.15. The third-order valence-corrected chi connectivity index (χ3v) is 5.75. The molecule has 1 aromatic carbocycles. The Bertz CT molecular complexity index is 759. The Hall–Kier alpha value is -1.96. The van der Waals surface area contributed by atoms with Gasteiger partial charge in [-0.25, -0.2) is 4.98 Å². The maximum Gasteiger partial charge on any atom is 0.226 e. The van der Waals surface area contributed by atoms with Crippen LogP contribution in [0.15, 0.2) is 29.6 Å². The first-order chi connectivity index (χ1) is 13.6. The number of hydrogen-bond donors (Lipinski definition) is 1. The lowest BCUT2D eigenvalue weighted by atomic mass is 10.1. The van der Waals surface area contributed by atoms with Crippen LogP contribution in [0, 0.1) is 6.92 Å². The van der Waals surface area contributed by atoms with Gasteiger partial charge in [-0.15, -0.1) is 11.3 Å². The number of nitrogens with zero attached hydrogens (tertiary/aromatic N) is 2. The molecule has 0 aliphatic carbocycles. The summed E-state index contributed by atoms with van der Waals surface area (Å²) in [5.41, 5.74) is 1.85. The van der Waals surface area contributed by atoms with Crippen LogP contribution in [0.25, 0.3) is 0 Å². The SMILES string of the molecule is Cc1nc(CC(=O)NCc2cccc(OCCN(C)C3CCOCC3)c2)cs1. The second kappa shape index (κ2) is 10.5. The Labute approximate surface area is 170 Å². The monoisotopic (exact) mass is 403 g/mol. The molecule has 6 nitrogen and oxygen atoms in total. The molecule has 1 amide bonds. The molecule has 2 heterocycles. The number of carbonyl (C=O) groups excluding carboxylic acids is 1. The number of nitrogens with one attached hydrogen (secondary N) is 1. The van der Waals surface area contributed by atoms with Crippen molar-refractivity contribution in [2.24, 2.45) is 0 Å². The lowest BCUT2D eigenvalue weighted by molar-refractivity contribution is -0.120. The predicted molar refractivity (Wildman–Crippen MR) is 111 cm³/mol. The topological polar surface area (TPSA) is 63.7 Å². The van der Waals surface area contributed by atoms with E-state index in [1.54, 1.807) is 11.3 Å². The van der Waals surface area contributed by atoms with Crippen molar-refractivity contribution in [1.29, 1.82) is 0 Å². The Balaban J connectivity index is 1.40. The standard InChI is InChI=1S/C21H29N3O3S/c1-16-23-18(15-28-16)13-21(25)22-14-17-4-3-5-20(12-17)27-11-8-24(2)19-6-9-26-10-7-19/h3-5,12,15,19H,6-11,13-14H2,1-2H3,(H,22,25). The molecule has 0 unspecified atom stereocenters. The minimum atomic E-state index is -0.0188. The summed E-state index contributed by atoms with van der Waals surface area (Å²) in [6, 6.07) is 8.48. The van der Waals surface area contributed by atoms with E-state index in [2.05, 4.69) is 22.2 Å². The second-order valence-corrected chi connectivity index (χ2v) is 8.19. The molecular formula is C21H29N3O3S. The maximum atomic E-state index is 12.1. The maximum absolute atomic E-state index is 12.1. The lowest BCUT2D eigenvalue weighted by Crippen LogP contribution is -2.38. The third kappa shape index (κ3) is 6.58. The van der Waals surface area contributed by atoms with E-state index in [1.807, 2.05) is 36.6 Å². The molecule has 7 heteroatoms. The summed E-state index contributed by atoms with van der Waals surface area (Å²) in [6.45, 7) is 5.67. The molecule has 1 saturated heterocycles. The summed E-state index contributed by atoms with van der Waals surface area (Å²) in [5, 5.41) is 5.86. The Morgan fingerprint density at radius 2 is 2.21 bits per heavy atom. The number of amides is 1. The highest BCUT2D eigenvalue weighted by Gasteiger charge is 2.18. The van der Waals surface area contributed by atoms with Crippen LogP contribution in [0.5, 0.6) is 5.75 Å². The molecule has 0 atom stereocenters. The molecule has 1 fully saturated rings. The first kappa shape index (κ1) is 20.8. The van der Waals surface area contributed by atoms with Gasteiger partial charge in [-0.05, 0) is 44.5 Å². The van der Waals surface area contributed by atoms with Crippen molar-refractivity contribution in [2.75, 3.05) is 33.4 Å². The number of aryl methyl sites for hydroxylation is 1. The molecular weight excluding hydrogens is 374 g/mol. The average molecular weight is 404 g/mol. The van der Waals surface area contributed by atoms with Crippen LogP contribution in [0.2, 0.25) is 0 Å². The van der Waals surface area contributed by atoms with E-state index in [-0.39, 0.29) is 5.91 Å². The zero-order valence-electron chi connectivity index (χ0n) is 16.6. The molecule has 0 saturated carbocycles. The van der Waals surface area contributed by atoms with E-state index in [4.69, 9.17) is 9.47 Å². The summed E-state index contributed by atoms with van der Waals surface area (Å²) < 4.78 is 11.3. The van der Waals surface area contributed by atoms with Crippen molar-refractivity contribution in [1.82, 2.24) is 15.2 Å².